The Hall–Kier alpha value is -4.19. The minimum absolute atomic E-state index is 0.0205. The van der Waals surface area contributed by atoms with Crippen molar-refractivity contribution in [2.24, 2.45) is 0 Å². The van der Waals surface area contributed by atoms with Gasteiger partial charge in [-0.05, 0) is 57.1 Å². The Balaban J connectivity index is 1.29. The monoisotopic (exact) mass is 513 g/mol. The van der Waals surface area contributed by atoms with Crippen LogP contribution in [0.25, 0.3) is 16.8 Å². The second-order valence-electron chi connectivity index (χ2n) is 10.5. The molecule has 0 saturated carbocycles. The summed E-state index contributed by atoms with van der Waals surface area (Å²) < 4.78 is 1.52. The topological polar surface area (TPSA) is 168 Å². The van der Waals surface area contributed by atoms with Gasteiger partial charge in [0.1, 0.15) is 12.1 Å². The number of carbonyl (C=O) groups excluding carboxylic acids is 2. The largest absolute Gasteiger partial charge is 0.387 e. The third-order valence-corrected chi connectivity index (χ3v) is 8.35. The van der Waals surface area contributed by atoms with Crippen LogP contribution in [0.4, 0.5) is 5.82 Å². The van der Waals surface area contributed by atoms with Gasteiger partial charge in [0.25, 0.3) is 5.91 Å². The first-order valence-corrected chi connectivity index (χ1v) is 12.9. The van der Waals surface area contributed by atoms with E-state index < -0.39 is 6.10 Å². The molecule has 2 bridgehead atoms. The van der Waals surface area contributed by atoms with E-state index in [0.29, 0.717) is 36.2 Å². The van der Waals surface area contributed by atoms with E-state index in [1.807, 2.05) is 11.0 Å². The zero-order valence-corrected chi connectivity index (χ0v) is 20.8. The predicted octanol–water partition coefficient (Wildman–Crippen LogP) is 2.22. The van der Waals surface area contributed by atoms with Gasteiger partial charge in [0.05, 0.1) is 29.3 Å². The number of nitrogens with zero attached hydrogens (tertiary/aromatic N) is 7. The Labute approximate surface area is 217 Å². The standard InChI is InChI=1S/C26H27N9O3/c1-12(36)20-22(14-7-16-3-4-17(8-14)34(16)26(38)24-29-11-30-33-24)32-25-18(10-31-35(25)23(20)27)15-6-13-2-5-19(37)21(13)28-9-15/h6,9-11,14,16-17,19,37H,2-5,7-8,27H2,1H3,(H,29,30,33)/t14?,16-,17?,19?/m1/s1. The third kappa shape index (κ3) is 3.36. The van der Waals surface area contributed by atoms with Crippen LogP contribution in [-0.2, 0) is 6.42 Å². The smallest absolute Gasteiger partial charge is 0.292 e. The number of hydrogen-bond donors (Lipinski definition) is 3. The molecule has 38 heavy (non-hydrogen) atoms. The molecule has 4 aromatic heterocycles. The Morgan fingerprint density at radius 1 is 1.13 bits per heavy atom. The average Bonchev–Trinajstić information content (AvgIpc) is 3.70. The Bertz CT molecular complexity index is 1580. The molecule has 1 aliphatic carbocycles. The summed E-state index contributed by atoms with van der Waals surface area (Å²) in [4.78, 5) is 40.2. The molecule has 4 atom stereocenters. The van der Waals surface area contributed by atoms with Crippen molar-refractivity contribution >= 4 is 23.2 Å². The highest BCUT2D eigenvalue weighted by Crippen LogP contribution is 2.45. The quantitative estimate of drug-likeness (QED) is 0.346. The van der Waals surface area contributed by atoms with Gasteiger partial charge in [-0.3, -0.25) is 14.6 Å². The van der Waals surface area contributed by atoms with Crippen LogP contribution in [0, 0.1) is 0 Å². The molecule has 4 N–H and O–H groups in total. The lowest BCUT2D eigenvalue weighted by molar-refractivity contribution is 0.0556. The number of nitrogens with two attached hydrogens (primary N) is 1. The molecular formula is C26H27N9O3. The number of fused-ring (bicyclic) bond motifs is 4. The molecule has 3 unspecified atom stereocenters. The number of ketones is 1. The summed E-state index contributed by atoms with van der Waals surface area (Å²) in [6.07, 6.45) is 8.87. The zero-order valence-electron chi connectivity index (χ0n) is 20.8. The number of amides is 1. The van der Waals surface area contributed by atoms with Gasteiger partial charge in [0, 0.05) is 35.3 Å². The van der Waals surface area contributed by atoms with Gasteiger partial charge in [-0.25, -0.2) is 4.98 Å². The predicted molar refractivity (Wildman–Crippen MR) is 135 cm³/mol. The number of aromatic amines is 1. The zero-order chi connectivity index (χ0) is 26.1. The Kier molecular flexibility index (Phi) is 5.09. The molecule has 2 saturated heterocycles. The average molecular weight is 514 g/mol. The van der Waals surface area contributed by atoms with Gasteiger partial charge in [0.15, 0.2) is 11.4 Å². The second kappa shape index (κ2) is 8.42. The van der Waals surface area contributed by atoms with Crippen molar-refractivity contribution in [1.29, 1.82) is 0 Å². The molecule has 0 aromatic carbocycles. The van der Waals surface area contributed by atoms with E-state index in [4.69, 9.17) is 10.7 Å². The Morgan fingerprint density at radius 3 is 2.63 bits per heavy atom. The van der Waals surface area contributed by atoms with Gasteiger partial charge in [-0.2, -0.15) is 9.61 Å². The number of H-pyrrole nitrogens is 1. The first kappa shape index (κ1) is 23.0. The molecule has 12 heteroatoms. The number of hydrogen-bond acceptors (Lipinski definition) is 9. The number of aromatic nitrogens is 7. The fraction of sp³-hybridized carbons (Fsp3) is 0.423. The number of aryl methyl sites for hydroxylation is 1. The number of piperidine rings is 1. The molecule has 2 fully saturated rings. The number of Topliss-reactive ketones (excluding diaryl/α,β-unsaturated/α-hetero) is 1. The molecule has 3 aliphatic rings. The van der Waals surface area contributed by atoms with Crippen LogP contribution in [0.1, 0.15) is 89.0 Å². The van der Waals surface area contributed by atoms with Crippen LogP contribution in [0.15, 0.2) is 24.8 Å². The van der Waals surface area contributed by atoms with E-state index >= 15 is 0 Å². The number of pyridine rings is 1. The number of nitrogens with one attached hydrogen (secondary N) is 1. The van der Waals surface area contributed by atoms with E-state index in [0.717, 1.165) is 41.6 Å². The fourth-order valence-electron chi connectivity index (χ4n) is 6.65. The maximum absolute atomic E-state index is 13.1. The second-order valence-corrected chi connectivity index (χ2v) is 10.5. The number of rotatable bonds is 4. The van der Waals surface area contributed by atoms with Crippen LogP contribution >= 0.6 is 0 Å². The summed E-state index contributed by atoms with van der Waals surface area (Å²) in [6.45, 7) is 1.50. The van der Waals surface area contributed by atoms with Crippen molar-refractivity contribution in [3.63, 3.8) is 0 Å². The highest BCUT2D eigenvalue weighted by Gasteiger charge is 2.45. The fourth-order valence-corrected chi connectivity index (χ4v) is 6.65. The molecule has 0 spiro atoms. The normalized spacial score (nSPS) is 24.2. The maximum Gasteiger partial charge on any atom is 0.292 e. The lowest BCUT2D eigenvalue weighted by Gasteiger charge is -2.38. The van der Waals surface area contributed by atoms with Crippen LogP contribution in [0.3, 0.4) is 0 Å². The van der Waals surface area contributed by atoms with Crippen molar-refractivity contribution in [2.75, 3.05) is 5.73 Å². The molecular weight excluding hydrogens is 486 g/mol. The molecule has 4 aromatic rings. The van der Waals surface area contributed by atoms with Gasteiger partial charge in [-0.15, -0.1) is 10.2 Å². The van der Waals surface area contributed by atoms with E-state index in [1.54, 1.807) is 12.4 Å². The van der Waals surface area contributed by atoms with E-state index in [2.05, 4.69) is 25.3 Å². The van der Waals surface area contributed by atoms with Crippen molar-refractivity contribution in [3.05, 3.63) is 53.1 Å². The van der Waals surface area contributed by atoms with Gasteiger partial charge < -0.3 is 20.7 Å². The van der Waals surface area contributed by atoms with Crippen LogP contribution in [0.5, 0.6) is 0 Å². The summed E-state index contributed by atoms with van der Waals surface area (Å²) in [5.74, 6) is 0.169. The number of nitrogen functional groups attached to an aromatic ring is 1. The summed E-state index contributed by atoms with van der Waals surface area (Å²) >= 11 is 0. The lowest BCUT2D eigenvalue weighted by atomic mass is 9.85. The number of anilines is 1. The van der Waals surface area contributed by atoms with Crippen LogP contribution in [0.2, 0.25) is 0 Å². The van der Waals surface area contributed by atoms with Crippen molar-refractivity contribution in [1.82, 2.24) is 39.7 Å². The molecule has 6 heterocycles. The molecule has 2 aliphatic heterocycles. The molecule has 1 amide bonds. The van der Waals surface area contributed by atoms with Crippen molar-refractivity contribution in [3.8, 4) is 11.1 Å². The molecule has 194 valence electrons. The first-order valence-electron chi connectivity index (χ1n) is 12.9. The van der Waals surface area contributed by atoms with Crippen LogP contribution < -0.4 is 5.73 Å². The highest BCUT2D eigenvalue weighted by atomic mass is 16.3. The minimum atomic E-state index is -0.529. The van der Waals surface area contributed by atoms with Gasteiger partial charge in [-0.1, -0.05) is 0 Å². The summed E-state index contributed by atoms with van der Waals surface area (Å²) in [5.41, 5.74) is 11.5. The maximum atomic E-state index is 13.1. The summed E-state index contributed by atoms with van der Waals surface area (Å²) in [6, 6.07) is 2.07. The first-order chi connectivity index (χ1) is 18.4. The van der Waals surface area contributed by atoms with Gasteiger partial charge >= 0.3 is 0 Å². The van der Waals surface area contributed by atoms with Crippen molar-refractivity contribution < 1.29 is 14.7 Å². The number of carbonyl (C=O) groups is 2. The van der Waals surface area contributed by atoms with E-state index in [-0.39, 0.29) is 41.3 Å². The minimum Gasteiger partial charge on any atom is -0.387 e. The van der Waals surface area contributed by atoms with E-state index in [9.17, 15) is 14.7 Å². The SMILES string of the molecule is CC(=O)c1c(C2CC3CC[C@H](C2)N3C(=O)c2nnc[nH]2)nc2c(-c3cnc4c(c3)CCC4O)cnn2c1N. The highest BCUT2D eigenvalue weighted by molar-refractivity contribution is 6.00. The Morgan fingerprint density at radius 2 is 1.92 bits per heavy atom. The van der Waals surface area contributed by atoms with Crippen molar-refractivity contribution in [2.45, 2.75) is 69.6 Å². The summed E-state index contributed by atoms with van der Waals surface area (Å²) in [5, 5.41) is 22.3. The van der Waals surface area contributed by atoms with E-state index in [1.165, 1.54) is 17.8 Å². The molecule has 0 radical (unpaired) electrons. The third-order valence-electron chi connectivity index (χ3n) is 8.35. The lowest BCUT2D eigenvalue weighted by Crippen LogP contribution is -2.46. The summed E-state index contributed by atoms with van der Waals surface area (Å²) in [7, 11) is 0. The van der Waals surface area contributed by atoms with Gasteiger partial charge in [0.2, 0.25) is 5.82 Å². The van der Waals surface area contributed by atoms with Crippen LogP contribution in [-0.4, -0.2) is 68.5 Å². The molecule has 12 nitrogen and oxygen atoms in total. The number of aliphatic hydroxyl groups excluding tert-OH is 1. The number of aliphatic hydroxyl groups is 1. The molecule has 7 rings (SSSR count).